The molecule has 0 saturated heterocycles. The molecule has 1 aromatic rings. The molecule has 1 amide bonds. The molecular formula is C13H18N2O3. The molecule has 0 unspecified atom stereocenters. The number of ether oxygens (including phenoxy) is 1. The third-order valence-corrected chi connectivity index (χ3v) is 3.23. The van der Waals surface area contributed by atoms with Crippen LogP contribution in [0.3, 0.4) is 0 Å². The summed E-state index contributed by atoms with van der Waals surface area (Å²) in [7, 11) is 1.56. The van der Waals surface area contributed by atoms with E-state index in [1.165, 1.54) is 0 Å². The summed E-state index contributed by atoms with van der Waals surface area (Å²) in [5.74, 6) is 0.435. The molecule has 0 aliphatic heterocycles. The SMILES string of the molecule is COc1ccnc(C(=O)NC2CCC(O)CC2)c1. The summed E-state index contributed by atoms with van der Waals surface area (Å²) in [5.41, 5.74) is 0.362. The number of amides is 1. The molecule has 1 aliphatic carbocycles. The van der Waals surface area contributed by atoms with Crippen molar-refractivity contribution in [2.75, 3.05) is 7.11 Å². The zero-order chi connectivity index (χ0) is 13.0. The first-order chi connectivity index (χ1) is 8.69. The van der Waals surface area contributed by atoms with Crippen LogP contribution in [0.15, 0.2) is 18.3 Å². The van der Waals surface area contributed by atoms with Crippen LogP contribution in [0.1, 0.15) is 36.2 Å². The monoisotopic (exact) mass is 250 g/mol. The lowest BCUT2D eigenvalue weighted by molar-refractivity contribution is 0.0863. The lowest BCUT2D eigenvalue weighted by Crippen LogP contribution is -2.38. The van der Waals surface area contributed by atoms with Crippen molar-refractivity contribution in [3.8, 4) is 5.75 Å². The minimum atomic E-state index is -0.215. The van der Waals surface area contributed by atoms with Gasteiger partial charge in [-0.15, -0.1) is 0 Å². The van der Waals surface area contributed by atoms with Gasteiger partial charge in [0.05, 0.1) is 13.2 Å². The number of nitrogens with one attached hydrogen (secondary N) is 1. The fraction of sp³-hybridized carbons (Fsp3) is 0.538. The number of hydrogen-bond acceptors (Lipinski definition) is 4. The summed E-state index contributed by atoms with van der Waals surface area (Å²) < 4.78 is 5.06. The van der Waals surface area contributed by atoms with Crippen molar-refractivity contribution in [1.82, 2.24) is 10.3 Å². The quantitative estimate of drug-likeness (QED) is 0.843. The average Bonchev–Trinajstić information content (AvgIpc) is 2.41. The van der Waals surface area contributed by atoms with Gasteiger partial charge in [0.15, 0.2) is 0 Å². The lowest BCUT2D eigenvalue weighted by atomic mass is 9.93. The molecule has 1 fully saturated rings. The molecule has 5 nitrogen and oxygen atoms in total. The van der Waals surface area contributed by atoms with Crippen LogP contribution in [0, 0.1) is 0 Å². The second-order valence-electron chi connectivity index (χ2n) is 4.56. The first-order valence-electron chi connectivity index (χ1n) is 6.18. The molecule has 1 heterocycles. The number of aliphatic hydroxyl groups excluding tert-OH is 1. The van der Waals surface area contributed by atoms with Crippen LogP contribution < -0.4 is 10.1 Å². The summed E-state index contributed by atoms with van der Waals surface area (Å²) in [6.45, 7) is 0. The molecule has 0 aromatic carbocycles. The van der Waals surface area contributed by atoms with Gasteiger partial charge in [0.1, 0.15) is 11.4 Å². The van der Waals surface area contributed by atoms with Gasteiger partial charge in [0.25, 0.3) is 5.91 Å². The van der Waals surface area contributed by atoms with Gasteiger partial charge in [-0.25, -0.2) is 0 Å². The summed E-state index contributed by atoms with van der Waals surface area (Å²) in [5, 5.41) is 12.3. The Bertz CT molecular complexity index is 414. The van der Waals surface area contributed by atoms with Crippen LogP contribution >= 0.6 is 0 Å². The van der Waals surface area contributed by atoms with Crippen LogP contribution in [0.25, 0.3) is 0 Å². The molecular weight excluding hydrogens is 232 g/mol. The first-order valence-corrected chi connectivity index (χ1v) is 6.18. The summed E-state index contributed by atoms with van der Waals surface area (Å²) in [6.07, 6.45) is 4.46. The van der Waals surface area contributed by atoms with Crippen LogP contribution in [0.5, 0.6) is 5.75 Å². The molecule has 0 bridgehead atoms. The molecule has 0 atom stereocenters. The van der Waals surface area contributed by atoms with Gasteiger partial charge in [-0.3, -0.25) is 9.78 Å². The van der Waals surface area contributed by atoms with Crippen LogP contribution in [-0.4, -0.2) is 35.3 Å². The molecule has 5 heteroatoms. The van der Waals surface area contributed by atoms with Gasteiger partial charge < -0.3 is 15.2 Å². The highest BCUT2D eigenvalue weighted by Crippen LogP contribution is 2.19. The van der Waals surface area contributed by atoms with Crippen LogP contribution in [-0.2, 0) is 0 Å². The van der Waals surface area contributed by atoms with Crippen molar-refractivity contribution in [3.05, 3.63) is 24.0 Å². The summed E-state index contributed by atoms with van der Waals surface area (Å²) in [4.78, 5) is 16.0. The zero-order valence-electron chi connectivity index (χ0n) is 10.4. The smallest absolute Gasteiger partial charge is 0.270 e. The number of aliphatic hydroxyl groups is 1. The van der Waals surface area contributed by atoms with E-state index in [1.54, 1.807) is 25.4 Å². The maximum atomic E-state index is 12.0. The maximum absolute atomic E-state index is 12.0. The van der Waals surface area contributed by atoms with E-state index < -0.39 is 0 Å². The number of carbonyl (C=O) groups excluding carboxylic acids is 1. The fourth-order valence-corrected chi connectivity index (χ4v) is 2.14. The van der Waals surface area contributed by atoms with E-state index in [0.29, 0.717) is 11.4 Å². The van der Waals surface area contributed by atoms with Gasteiger partial charge >= 0.3 is 0 Å². The highest BCUT2D eigenvalue weighted by molar-refractivity contribution is 5.92. The van der Waals surface area contributed by atoms with Gasteiger partial charge in [0.2, 0.25) is 0 Å². The molecule has 1 saturated carbocycles. The number of nitrogens with zero attached hydrogens (tertiary/aromatic N) is 1. The van der Waals surface area contributed by atoms with E-state index in [9.17, 15) is 9.90 Å². The van der Waals surface area contributed by atoms with Crippen molar-refractivity contribution in [2.45, 2.75) is 37.8 Å². The Morgan fingerprint density at radius 1 is 1.44 bits per heavy atom. The molecule has 1 aliphatic rings. The third kappa shape index (κ3) is 3.20. The molecule has 0 spiro atoms. The Balaban J connectivity index is 1.94. The first kappa shape index (κ1) is 12.8. The summed E-state index contributed by atoms with van der Waals surface area (Å²) >= 11 is 0. The Morgan fingerprint density at radius 2 is 2.17 bits per heavy atom. The predicted octanol–water partition coefficient (Wildman–Crippen LogP) is 1.12. The Morgan fingerprint density at radius 3 is 2.83 bits per heavy atom. The summed E-state index contributed by atoms with van der Waals surface area (Å²) in [6, 6.07) is 3.45. The fourth-order valence-electron chi connectivity index (χ4n) is 2.14. The predicted molar refractivity (Wildman–Crippen MR) is 66.5 cm³/mol. The number of aromatic nitrogens is 1. The van der Waals surface area contributed by atoms with Gasteiger partial charge in [-0.2, -0.15) is 0 Å². The number of pyridine rings is 1. The number of hydrogen-bond donors (Lipinski definition) is 2. The van der Waals surface area contributed by atoms with Crippen LogP contribution in [0.2, 0.25) is 0 Å². The van der Waals surface area contributed by atoms with Gasteiger partial charge in [0, 0.05) is 18.3 Å². The number of methoxy groups -OCH3 is 1. The van der Waals surface area contributed by atoms with E-state index in [-0.39, 0.29) is 18.1 Å². The number of rotatable bonds is 3. The van der Waals surface area contributed by atoms with Crippen molar-refractivity contribution < 1.29 is 14.6 Å². The number of carbonyl (C=O) groups is 1. The van der Waals surface area contributed by atoms with Gasteiger partial charge in [-0.1, -0.05) is 0 Å². The minimum Gasteiger partial charge on any atom is -0.497 e. The highest BCUT2D eigenvalue weighted by Gasteiger charge is 2.21. The molecule has 1 aromatic heterocycles. The highest BCUT2D eigenvalue weighted by atomic mass is 16.5. The topological polar surface area (TPSA) is 71.5 Å². The molecule has 98 valence electrons. The minimum absolute atomic E-state index is 0.133. The van der Waals surface area contributed by atoms with E-state index in [4.69, 9.17) is 4.74 Å². The Labute approximate surface area is 106 Å². The second kappa shape index (κ2) is 5.82. The standard InChI is InChI=1S/C13H18N2O3/c1-18-11-6-7-14-12(8-11)13(17)15-9-2-4-10(16)5-3-9/h6-10,16H,2-5H2,1H3,(H,15,17). The maximum Gasteiger partial charge on any atom is 0.270 e. The van der Waals surface area contributed by atoms with Gasteiger partial charge in [-0.05, 0) is 31.7 Å². The lowest BCUT2D eigenvalue weighted by Gasteiger charge is -2.26. The third-order valence-electron chi connectivity index (χ3n) is 3.23. The normalized spacial score (nSPS) is 23.4. The van der Waals surface area contributed by atoms with Crippen molar-refractivity contribution in [2.24, 2.45) is 0 Å². The second-order valence-corrected chi connectivity index (χ2v) is 4.56. The zero-order valence-corrected chi connectivity index (χ0v) is 10.4. The van der Waals surface area contributed by atoms with E-state index in [0.717, 1.165) is 25.7 Å². The van der Waals surface area contributed by atoms with Crippen molar-refractivity contribution >= 4 is 5.91 Å². The molecule has 0 radical (unpaired) electrons. The van der Waals surface area contributed by atoms with E-state index in [1.807, 2.05) is 0 Å². The van der Waals surface area contributed by atoms with Crippen molar-refractivity contribution in [3.63, 3.8) is 0 Å². The van der Waals surface area contributed by atoms with Crippen molar-refractivity contribution in [1.29, 1.82) is 0 Å². The molecule has 2 rings (SSSR count). The largest absolute Gasteiger partial charge is 0.497 e. The van der Waals surface area contributed by atoms with Crippen LogP contribution in [0.4, 0.5) is 0 Å². The Kier molecular flexibility index (Phi) is 4.15. The van der Waals surface area contributed by atoms with E-state index in [2.05, 4.69) is 10.3 Å². The average molecular weight is 250 g/mol. The molecule has 18 heavy (non-hydrogen) atoms. The van der Waals surface area contributed by atoms with E-state index >= 15 is 0 Å². The Hall–Kier alpha value is -1.62. The molecule has 2 N–H and O–H groups in total.